The van der Waals surface area contributed by atoms with E-state index >= 15 is 0 Å². The second kappa shape index (κ2) is 8.45. The van der Waals surface area contributed by atoms with Crippen LogP contribution in [0, 0.1) is 20.8 Å². The van der Waals surface area contributed by atoms with Crippen molar-refractivity contribution in [2.75, 3.05) is 11.9 Å². The molecule has 0 unspecified atom stereocenters. The standard InChI is InChI=1S/C22H24N4O/c1-15-8-7-11-19(17(15)3)25-22-24-16(2)14-20(26-22)21(27)23-13-12-18-9-5-4-6-10-18/h4-11,14H,12-13H2,1-3H3,(H,23,27)(H,24,25,26). The Kier molecular flexibility index (Phi) is 5.81. The fraction of sp³-hybridized carbons (Fsp3) is 0.227. The summed E-state index contributed by atoms with van der Waals surface area (Å²) >= 11 is 0. The number of amides is 1. The molecule has 0 spiro atoms. The molecule has 2 aromatic carbocycles. The van der Waals surface area contributed by atoms with Crippen LogP contribution < -0.4 is 10.6 Å². The molecule has 5 nitrogen and oxygen atoms in total. The zero-order valence-corrected chi connectivity index (χ0v) is 15.9. The Labute approximate surface area is 159 Å². The van der Waals surface area contributed by atoms with Gasteiger partial charge in [-0.1, -0.05) is 42.5 Å². The highest BCUT2D eigenvalue weighted by atomic mass is 16.1. The molecule has 0 fully saturated rings. The van der Waals surface area contributed by atoms with Crippen molar-refractivity contribution in [1.29, 1.82) is 0 Å². The van der Waals surface area contributed by atoms with Crippen LogP contribution in [0.25, 0.3) is 0 Å². The van der Waals surface area contributed by atoms with E-state index in [0.717, 1.165) is 23.4 Å². The molecule has 1 aromatic heterocycles. The Balaban J connectivity index is 1.69. The minimum Gasteiger partial charge on any atom is -0.350 e. The SMILES string of the molecule is Cc1cc(C(=O)NCCc2ccccc2)nc(Nc2cccc(C)c2C)n1. The fourth-order valence-electron chi connectivity index (χ4n) is 2.80. The number of nitrogens with zero attached hydrogens (tertiary/aromatic N) is 2. The highest BCUT2D eigenvalue weighted by Gasteiger charge is 2.11. The van der Waals surface area contributed by atoms with Gasteiger partial charge >= 0.3 is 0 Å². The summed E-state index contributed by atoms with van der Waals surface area (Å²) < 4.78 is 0. The molecule has 0 atom stereocenters. The van der Waals surface area contributed by atoms with E-state index in [4.69, 9.17) is 0 Å². The second-order valence-electron chi connectivity index (χ2n) is 6.58. The highest BCUT2D eigenvalue weighted by molar-refractivity contribution is 5.92. The van der Waals surface area contributed by atoms with Gasteiger partial charge in [0.25, 0.3) is 5.91 Å². The van der Waals surface area contributed by atoms with Gasteiger partial charge in [0.1, 0.15) is 5.69 Å². The maximum Gasteiger partial charge on any atom is 0.270 e. The van der Waals surface area contributed by atoms with Crippen molar-refractivity contribution in [3.8, 4) is 0 Å². The van der Waals surface area contributed by atoms with Crippen LogP contribution in [0.2, 0.25) is 0 Å². The van der Waals surface area contributed by atoms with E-state index < -0.39 is 0 Å². The van der Waals surface area contributed by atoms with Gasteiger partial charge in [-0.3, -0.25) is 4.79 Å². The first-order valence-corrected chi connectivity index (χ1v) is 9.04. The summed E-state index contributed by atoms with van der Waals surface area (Å²) in [6, 6.07) is 17.8. The molecule has 138 valence electrons. The Morgan fingerprint density at radius 1 is 0.963 bits per heavy atom. The van der Waals surface area contributed by atoms with Gasteiger partial charge in [-0.05, 0) is 56.0 Å². The minimum atomic E-state index is -0.194. The van der Waals surface area contributed by atoms with Crippen LogP contribution in [0.3, 0.4) is 0 Å². The van der Waals surface area contributed by atoms with Crippen molar-refractivity contribution in [2.24, 2.45) is 0 Å². The van der Waals surface area contributed by atoms with E-state index in [1.54, 1.807) is 6.07 Å². The van der Waals surface area contributed by atoms with Gasteiger partial charge in [0, 0.05) is 17.9 Å². The quantitative estimate of drug-likeness (QED) is 0.694. The lowest BCUT2D eigenvalue weighted by atomic mass is 10.1. The van der Waals surface area contributed by atoms with E-state index in [9.17, 15) is 4.79 Å². The van der Waals surface area contributed by atoms with Crippen LogP contribution in [-0.4, -0.2) is 22.4 Å². The van der Waals surface area contributed by atoms with Gasteiger partial charge < -0.3 is 10.6 Å². The van der Waals surface area contributed by atoms with Crippen LogP contribution >= 0.6 is 0 Å². The smallest absolute Gasteiger partial charge is 0.270 e. The van der Waals surface area contributed by atoms with Gasteiger partial charge in [-0.15, -0.1) is 0 Å². The molecule has 1 amide bonds. The predicted molar refractivity (Wildman–Crippen MR) is 108 cm³/mol. The monoisotopic (exact) mass is 360 g/mol. The van der Waals surface area contributed by atoms with E-state index in [1.807, 2.05) is 56.3 Å². The summed E-state index contributed by atoms with van der Waals surface area (Å²) in [6.07, 6.45) is 0.782. The Bertz CT molecular complexity index is 938. The second-order valence-corrected chi connectivity index (χ2v) is 6.58. The largest absolute Gasteiger partial charge is 0.350 e. The predicted octanol–water partition coefficient (Wildman–Crippen LogP) is 4.12. The number of carbonyl (C=O) groups excluding carboxylic acids is 1. The summed E-state index contributed by atoms with van der Waals surface area (Å²) in [5.74, 6) is 0.234. The molecule has 0 radical (unpaired) electrons. The molecule has 0 aliphatic rings. The summed E-state index contributed by atoms with van der Waals surface area (Å²) in [4.78, 5) is 21.3. The van der Waals surface area contributed by atoms with Crippen molar-refractivity contribution in [3.05, 3.63) is 82.7 Å². The van der Waals surface area contributed by atoms with E-state index in [1.165, 1.54) is 11.1 Å². The van der Waals surface area contributed by atoms with Gasteiger partial charge in [0.05, 0.1) is 0 Å². The molecule has 2 N–H and O–H groups in total. The third kappa shape index (κ3) is 4.91. The molecule has 0 saturated heterocycles. The van der Waals surface area contributed by atoms with Gasteiger partial charge in [-0.25, -0.2) is 9.97 Å². The molecule has 0 aliphatic heterocycles. The normalized spacial score (nSPS) is 10.5. The molecule has 3 aromatic rings. The number of carbonyl (C=O) groups is 1. The van der Waals surface area contributed by atoms with Gasteiger partial charge in [0.2, 0.25) is 5.95 Å². The molecule has 0 aliphatic carbocycles. The third-order valence-corrected chi connectivity index (χ3v) is 4.48. The lowest BCUT2D eigenvalue weighted by molar-refractivity contribution is 0.0949. The summed E-state index contributed by atoms with van der Waals surface area (Å²) in [5, 5.41) is 6.16. The molecule has 0 saturated carbocycles. The number of anilines is 2. The minimum absolute atomic E-state index is 0.194. The zero-order valence-electron chi connectivity index (χ0n) is 15.9. The number of aromatic nitrogens is 2. The van der Waals surface area contributed by atoms with Crippen LogP contribution in [0.5, 0.6) is 0 Å². The molecule has 1 heterocycles. The maximum atomic E-state index is 12.5. The fourth-order valence-corrected chi connectivity index (χ4v) is 2.80. The Morgan fingerprint density at radius 3 is 2.52 bits per heavy atom. The zero-order chi connectivity index (χ0) is 19.2. The lowest BCUT2D eigenvalue weighted by Crippen LogP contribution is -2.27. The van der Waals surface area contributed by atoms with Crippen LogP contribution in [0.4, 0.5) is 11.6 Å². The first-order chi connectivity index (χ1) is 13.0. The number of hydrogen-bond acceptors (Lipinski definition) is 4. The average molecular weight is 360 g/mol. The maximum absolute atomic E-state index is 12.5. The highest BCUT2D eigenvalue weighted by Crippen LogP contribution is 2.21. The summed E-state index contributed by atoms with van der Waals surface area (Å²) in [5.41, 5.74) is 5.56. The van der Waals surface area contributed by atoms with E-state index in [-0.39, 0.29) is 5.91 Å². The Morgan fingerprint density at radius 2 is 1.74 bits per heavy atom. The lowest BCUT2D eigenvalue weighted by Gasteiger charge is -2.12. The summed E-state index contributed by atoms with van der Waals surface area (Å²) in [7, 11) is 0. The molecular formula is C22H24N4O. The number of nitrogens with one attached hydrogen (secondary N) is 2. The van der Waals surface area contributed by atoms with Crippen molar-refractivity contribution in [2.45, 2.75) is 27.2 Å². The summed E-state index contributed by atoms with van der Waals surface area (Å²) in [6.45, 7) is 6.52. The third-order valence-electron chi connectivity index (χ3n) is 4.48. The Hall–Kier alpha value is -3.21. The van der Waals surface area contributed by atoms with Crippen LogP contribution in [-0.2, 0) is 6.42 Å². The molecule has 3 rings (SSSR count). The number of aryl methyl sites for hydroxylation is 2. The van der Waals surface area contributed by atoms with Gasteiger partial charge in [0.15, 0.2) is 0 Å². The van der Waals surface area contributed by atoms with E-state index in [0.29, 0.717) is 18.2 Å². The van der Waals surface area contributed by atoms with Crippen molar-refractivity contribution < 1.29 is 4.79 Å². The molecular weight excluding hydrogens is 336 g/mol. The topological polar surface area (TPSA) is 66.9 Å². The van der Waals surface area contributed by atoms with Gasteiger partial charge in [-0.2, -0.15) is 0 Å². The average Bonchev–Trinajstić information content (AvgIpc) is 2.66. The van der Waals surface area contributed by atoms with E-state index in [2.05, 4.69) is 33.6 Å². The van der Waals surface area contributed by atoms with Crippen molar-refractivity contribution in [1.82, 2.24) is 15.3 Å². The molecule has 27 heavy (non-hydrogen) atoms. The number of hydrogen-bond donors (Lipinski definition) is 2. The molecule has 5 heteroatoms. The molecule has 0 bridgehead atoms. The number of benzene rings is 2. The van der Waals surface area contributed by atoms with Crippen LogP contribution in [0.1, 0.15) is 32.9 Å². The van der Waals surface area contributed by atoms with Crippen molar-refractivity contribution in [3.63, 3.8) is 0 Å². The van der Waals surface area contributed by atoms with Crippen LogP contribution in [0.15, 0.2) is 54.6 Å². The first-order valence-electron chi connectivity index (χ1n) is 9.04. The van der Waals surface area contributed by atoms with Crippen molar-refractivity contribution >= 4 is 17.5 Å². The number of rotatable bonds is 6. The first kappa shape index (κ1) is 18.6.